The fourth-order valence-electron chi connectivity index (χ4n) is 12.3. The summed E-state index contributed by atoms with van der Waals surface area (Å²) in [7, 11) is 0. The highest BCUT2D eigenvalue weighted by atomic mass is 35.5. The number of nitrogen functional groups attached to an aromatic ring is 5. The number of nitrogens with zero attached hydrogens (tertiary/aromatic N) is 15. The summed E-state index contributed by atoms with van der Waals surface area (Å²) >= 11 is 5.99. The van der Waals surface area contributed by atoms with Crippen molar-refractivity contribution in [1.82, 2.24) is 74.8 Å². The number of Topliss-reactive ketones (excluding diaryl/α,β-unsaturated/α-hetero) is 2. The van der Waals surface area contributed by atoms with Gasteiger partial charge in [0, 0.05) is 71.4 Å². The number of pyridine rings is 5. The fraction of sp³-hybridized carbons (Fsp3) is 0.532. The molecular weight excluding hydrogens is 1390 g/mol. The third-order valence-electron chi connectivity index (χ3n) is 19.3. The first-order valence-electron chi connectivity index (χ1n) is 38.1. The highest BCUT2D eigenvalue weighted by Crippen LogP contribution is 2.34. The fourth-order valence-corrected chi connectivity index (χ4v) is 12.4. The lowest BCUT2D eigenvalue weighted by atomic mass is 9.88. The molecule has 0 saturated heterocycles. The average molecular weight is 1500 g/mol. The third kappa shape index (κ3) is 26.7. The van der Waals surface area contributed by atoms with Gasteiger partial charge in [-0.3, -0.25) is 15.0 Å². The van der Waals surface area contributed by atoms with Crippen LogP contribution in [0, 0.1) is 5.82 Å². The van der Waals surface area contributed by atoms with Crippen molar-refractivity contribution in [1.29, 1.82) is 0 Å². The van der Waals surface area contributed by atoms with Gasteiger partial charge in [0.05, 0.1) is 38.8 Å². The molecule has 0 radical (unpaired) electrons. The zero-order valence-electron chi connectivity index (χ0n) is 66.2. The summed E-state index contributed by atoms with van der Waals surface area (Å²) in [6, 6.07) is 14.2. The predicted molar refractivity (Wildman–Crippen MR) is 442 cm³/mol. The second kappa shape index (κ2) is 41.4. The van der Waals surface area contributed by atoms with E-state index in [1.165, 1.54) is 31.5 Å². The number of carbonyl (C=O) groups excluding carboxylic acids is 2. The molecule has 5 atom stereocenters. The van der Waals surface area contributed by atoms with Crippen LogP contribution in [0.25, 0.3) is 55.2 Å². The van der Waals surface area contributed by atoms with E-state index in [-0.39, 0.29) is 69.0 Å². The molecule has 0 aliphatic carbocycles. The van der Waals surface area contributed by atoms with Crippen LogP contribution in [0.4, 0.5) is 63.2 Å². The molecule has 15 N–H and O–H groups in total. The molecule has 108 heavy (non-hydrogen) atoms. The summed E-state index contributed by atoms with van der Waals surface area (Å²) in [6.45, 7) is 31.4. The lowest BCUT2D eigenvalue weighted by molar-refractivity contribution is -0.118. The third-order valence-corrected chi connectivity index (χ3v) is 19.5. The minimum atomic E-state index is -0.434. The largest absolute Gasteiger partial charge is 0.368 e. The van der Waals surface area contributed by atoms with Crippen molar-refractivity contribution >= 4 is 137 Å². The second-order valence-corrected chi connectivity index (χ2v) is 29.7. The second-order valence-electron chi connectivity index (χ2n) is 29.2. The molecule has 0 bridgehead atoms. The van der Waals surface area contributed by atoms with Crippen molar-refractivity contribution in [3.05, 3.63) is 90.4 Å². The van der Waals surface area contributed by atoms with E-state index < -0.39 is 5.82 Å². The quantitative estimate of drug-likeness (QED) is 0.0167. The monoisotopic (exact) mass is 1500 g/mol. The first-order valence-corrected chi connectivity index (χ1v) is 38.5. The van der Waals surface area contributed by atoms with Gasteiger partial charge in [0.1, 0.15) is 45.0 Å². The number of unbranched alkanes of at least 4 members (excludes halogenated alkanes) is 5. The van der Waals surface area contributed by atoms with Crippen LogP contribution in [0.3, 0.4) is 0 Å². The van der Waals surface area contributed by atoms with E-state index in [0.717, 1.165) is 148 Å². The molecule has 0 unspecified atom stereocenters. The summed E-state index contributed by atoms with van der Waals surface area (Å²) in [5.74, 6) is 4.24. The highest BCUT2D eigenvalue weighted by Gasteiger charge is 2.30. The number of halogens is 2. The van der Waals surface area contributed by atoms with Gasteiger partial charge in [-0.25, -0.2) is 39.3 Å². The minimum Gasteiger partial charge on any atom is -0.368 e. The van der Waals surface area contributed by atoms with Gasteiger partial charge in [-0.1, -0.05) is 131 Å². The first-order chi connectivity index (χ1) is 51.4. The molecule has 10 aromatic rings. The van der Waals surface area contributed by atoms with Gasteiger partial charge in [-0.05, 0) is 155 Å². The maximum atomic E-state index is 13.3. The van der Waals surface area contributed by atoms with E-state index in [4.69, 9.17) is 40.3 Å². The van der Waals surface area contributed by atoms with Gasteiger partial charge in [0.25, 0.3) is 0 Å². The number of nitrogens with one attached hydrogen (secondary N) is 5. The Kier molecular flexibility index (Phi) is 33.3. The van der Waals surface area contributed by atoms with E-state index in [1.54, 1.807) is 44.7 Å². The normalized spacial score (nSPS) is 13.9. The van der Waals surface area contributed by atoms with Crippen LogP contribution in [0.1, 0.15) is 245 Å². The Morgan fingerprint density at radius 1 is 0.370 bits per heavy atom. The number of nitrogens with two attached hydrogens (primary N) is 5. The lowest BCUT2D eigenvalue weighted by Crippen LogP contribution is -2.36. The highest BCUT2D eigenvalue weighted by molar-refractivity contribution is 6.31. The molecule has 27 nitrogen and oxygen atoms in total. The number of hydrogen-bond acceptors (Lipinski definition) is 27. The Balaban J connectivity index is 0.000000212. The van der Waals surface area contributed by atoms with Crippen LogP contribution in [0.2, 0.25) is 5.02 Å². The number of carbonyl (C=O) groups is 2. The lowest BCUT2D eigenvalue weighted by Gasteiger charge is -2.32. The van der Waals surface area contributed by atoms with Crippen LogP contribution in [-0.2, 0) is 9.59 Å². The Hall–Kier alpha value is -9.99. The van der Waals surface area contributed by atoms with Gasteiger partial charge >= 0.3 is 0 Å². The number of hydrogen-bond donors (Lipinski definition) is 10. The first kappa shape index (κ1) is 86.9. The molecule has 0 fully saturated rings. The summed E-state index contributed by atoms with van der Waals surface area (Å²) in [6.07, 6.45) is 29.8. The summed E-state index contributed by atoms with van der Waals surface area (Å²) in [4.78, 5) is 86.9. The number of aromatic nitrogens is 15. The maximum absolute atomic E-state index is 13.3. The number of ketones is 2. The Labute approximate surface area is 641 Å². The molecule has 0 spiro atoms. The Bertz CT molecular complexity index is 4530. The molecule has 0 aliphatic heterocycles. The van der Waals surface area contributed by atoms with Gasteiger partial charge in [-0.2, -0.15) is 24.9 Å². The minimum absolute atomic E-state index is 0.00000520. The molecule has 0 saturated carbocycles. The summed E-state index contributed by atoms with van der Waals surface area (Å²) < 4.78 is 13.3. The summed E-state index contributed by atoms with van der Waals surface area (Å²) in [5, 5.41) is 17.9. The zero-order chi connectivity index (χ0) is 79.2. The van der Waals surface area contributed by atoms with Crippen molar-refractivity contribution < 1.29 is 14.0 Å². The van der Waals surface area contributed by atoms with Gasteiger partial charge in [0.15, 0.2) is 29.1 Å². The molecule has 10 heterocycles. The van der Waals surface area contributed by atoms with Gasteiger partial charge < -0.3 is 64.8 Å². The van der Waals surface area contributed by atoms with E-state index in [0.29, 0.717) is 62.9 Å². The SMILES string of the molecule is CCCCC[C@](C)(CCC(C)=O)Nc1nc(N)nc2cccnc12.CCCC[C@@](C)(CC)Nc1nc(N)nc2cc(F)cnc12.CCCC[C@@](C)(CC)Nc1nc(N)nc2cccnc12.CCCC[C@@](C)(CCC(C)=O)Nc1nc(N)nc2cc(Cl)cnc12.CCC[C@](C)(CC)Nc1nc(N)nc2cccnc12. The van der Waals surface area contributed by atoms with E-state index >= 15 is 0 Å². The van der Waals surface area contributed by atoms with Crippen LogP contribution in [0.5, 0.6) is 0 Å². The van der Waals surface area contributed by atoms with Crippen molar-refractivity contribution in [3.63, 3.8) is 0 Å². The van der Waals surface area contributed by atoms with E-state index in [1.807, 2.05) is 36.4 Å². The van der Waals surface area contributed by atoms with Crippen LogP contribution < -0.4 is 55.3 Å². The summed E-state index contributed by atoms with van der Waals surface area (Å²) in [5.41, 5.74) is 35.1. The zero-order valence-corrected chi connectivity index (χ0v) is 67.0. The van der Waals surface area contributed by atoms with Crippen molar-refractivity contribution in [3.8, 4) is 0 Å². The number of fused-ring (bicyclic) bond motifs is 5. The molecular formula is C79H117ClFN25O2. The number of anilines is 10. The van der Waals surface area contributed by atoms with Crippen LogP contribution in [-0.4, -0.2) is 114 Å². The van der Waals surface area contributed by atoms with Gasteiger partial charge in [-0.15, -0.1) is 0 Å². The molecule has 10 rings (SSSR count). The van der Waals surface area contributed by atoms with Crippen molar-refractivity contribution in [2.45, 2.75) is 273 Å². The molecule has 29 heteroatoms. The Morgan fingerprint density at radius 2 is 0.667 bits per heavy atom. The molecule has 0 aliphatic rings. The number of rotatable bonds is 34. The van der Waals surface area contributed by atoms with E-state index in [9.17, 15) is 14.0 Å². The average Bonchev–Trinajstić information content (AvgIpc) is 0.815. The molecule has 0 aromatic carbocycles. The van der Waals surface area contributed by atoms with E-state index in [2.05, 4.69) is 191 Å². The van der Waals surface area contributed by atoms with Crippen molar-refractivity contribution in [2.24, 2.45) is 0 Å². The van der Waals surface area contributed by atoms with Crippen LogP contribution in [0.15, 0.2) is 79.5 Å². The molecule has 10 aromatic heterocycles. The maximum Gasteiger partial charge on any atom is 0.222 e. The molecule has 0 amide bonds. The molecule has 584 valence electrons. The van der Waals surface area contributed by atoms with Crippen molar-refractivity contribution in [2.75, 3.05) is 55.3 Å². The smallest absolute Gasteiger partial charge is 0.222 e. The topological polar surface area (TPSA) is 418 Å². The predicted octanol–water partition coefficient (Wildman–Crippen LogP) is 17.6. The Morgan fingerprint density at radius 3 is 1.00 bits per heavy atom. The standard InChI is InChI=1S/C18H27N5O.C17H24ClN5O.C15H22FN5.C15H23N5.C14H21N5/c1-4-5-6-10-18(3,11-9-13(2)24)23-16-15-14(8-7-12-20-15)21-17(19)22-16;1-4-5-7-17(3,8-6-11(2)24)23-15-14-13(21-16(19)22-15)9-12(18)10-20-14;1-4-6-7-15(3,5-2)21-13-12-11(19-14(17)20-13)8-10(16)9-18-12;1-4-6-9-15(3,5-2)20-13-12-11(8-7-10-17-12)18-14(16)19-13;1-4-8-14(3,5-2)19-12-11-10(7-6-9-16-11)17-13(15)18-12/h7-8,12H,4-6,9-11H2,1-3H3,(H3,19,21,22,23);9-10H,4-8H2,1-3H3,(H3,19,21,22,23);8-9H,4-7H2,1-3H3,(H3,17,19,20,21);7-8,10H,4-6,9H2,1-3H3,(H3,16,18,19,20);6-7,9H,4-5,8H2,1-3H3,(H3,15,17,18,19)/t18-;17-;2*15-;14-/m10110/s1. The van der Waals surface area contributed by atoms with Crippen LogP contribution >= 0.6 is 11.6 Å². The van der Waals surface area contributed by atoms with Gasteiger partial charge in [0.2, 0.25) is 29.7 Å².